The molecule has 2 aromatic rings. The molecule has 1 saturated heterocycles. The molecule has 7 nitrogen and oxygen atoms in total. The number of hydrogen-bond acceptors (Lipinski definition) is 5. The molecule has 1 aliphatic heterocycles. The summed E-state index contributed by atoms with van der Waals surface area (Å²) in [7, 11) is 1.88. The van der Waals surface area contributed by atoms with Crippen LogP contribution < -0.4 is 11.1 Å². The van der Waals surface area contributed by atoms with E-state index in [1.54, 1.807) is 6.33 Å². The molecule has 1 atom stereocenters. The Morgan fingerprint density at radius 1 is 1.43 bits per heavy atom. The number of nitrogens with one attached hydrogen (secondary N) is 1. The van der Waals surface area contributed by atoms with Gasteiger partial charge in [0.05, 0.1) is 6.61 Å². The first-order valence-corrected chi connectivity index (χ1v) is 6.71. The summed E-state index contributed by atoms with van der Waals surface area (Å²) in [4.78, 5) is 12.2. The summed E-state index contributed by atoms with van der Waals surface area (Å²) >= 11 is 0. The molecular formula is C14H17N5O2. The van der Waals surface area contributed by atoms with Crippen LogP contribution in [0.15, 0.2) is 30.6 Å². The third-order valence-electron chi connectivity index (χ3n) is 3.62. The minimum Gasteiger partial charge on any atom is -0.379 e. The molecule has 3 rings (SSSR count). The van der Waals surface area contributed by atoms with Gasteiger partial charge in [0, 0.05) is 24.9 Å². The van der Waals surface area contributed by atoms with E-state index >= 15 is 0 Å². The lowest BCUT2D eigenvalue weighted by Crippen LogP contribution is -2.51. The number of rotatable bonds is 3. The molecule has 110 valence electrons. The molecule has 1 aliphatic rings. The van der Waals surface area contributed by atoms with Gasteiger partial charge >= 0.3 is 0 Å². The Bertz CT molecular complexity index is 644. The SMILES string of the molecule is Cn1cnnc1-c1ccc(NC(=O)C2(N)CCOC2)cc1. The molecule has 0 spiro atoms. The second kappa shape index (κ2) is 5.27. The van der Waals surface area contributed by atoms with Crippen LogP contribution in [0.4, 0.5) is 5.69 Å². The van der Waals surface area contributed by atoms with Crippen molar-refractivity contribution in [3.05, 3.63) is 30.6 Å². The van der Waals surface area contributed by atoms with Gasteiger partial charge in [-0.15, -0.1) is 10.2 Å². The van der Waals surface area contributed by atoms with E-state index in [1.165, 1.54) is 0 Å². The maximum Gasteiger partial charge on any atom is 0.246 e. The Labute approximate surface area is 122 Å². The number of amides is 1. The molecule has 1 aromatic heterocycles. The largest absolute Gasteiger partial charge is 0.379 e. The maximum atomic E-state index is 12.2. The lowest BCUT2D eigenvalue weighted by molar-refractivity contribution is -0.121. The number of carbonyl (C=O) groups excluding carboxylic acids is 1. The zero-order chi connectivity index (χ0) is 14.9. The minimum absolute atomic E-state index is 0.216. The second-order valence-corrected chi connectivity index (χ2v) is 5.26. The number of anilines is 1. The van der Waals surface area contributed by atoms with Crippen molar-refractivity contribution >= 4 is 11.6 Å². The monoisotopic (exact) mass is 287 g/mol. The highest BCUT2D eigenvalue weighted by Gasteiger charge is 2.38. The summed E-state index contributed by atoms with van der Waals surface area (Å²) in [5, 5.41) is 10.7. The van der Waals surface area contributed by atoms with Gasteiger partial charge in [-0.05, 0) is 30.7 Å². The molecule has 1 aromatic carbocycles. The fourth-order valence-electron chi connectivity index (χ4n) is 2.26. The number of aromatic nitrogens is 3. The topological polar surface area (TPSA) is 95.1 Å². The predicted molar refractivity (Wildman–Crippen MR) is 77.4 cm³/mol. The molecule has 21 heavy (non-hydrogen) atoms. The molecule has 0 bridgehead atoms. The van der Waals surface area contributed by atoms with Crippen LogP contribution in [0, 0.1) is 0 Å². The molecule has 7 heteroatoms. The lowest BCUT2D eigenvalue weighted by atomic mass is 9.99. The average Bonchev–Trinajstić information content (AvgIpc) is 3.09. The highest BCUT2D eigenvalue weighted by Crippen LogP contribution is 2.21. The van der Waals surface area contributed by atoms with Crippen molar-refractivity contribution in [2.24, 2.45) is 12.8 Å². The maximum absolute atomic E-state index is 12.2. The van der Waals surface area contributed by atoms with Gasteiger partial charge in [0.1, 0.15) is 11.9 Å². The first-order valence-electron chi connectivity index (χ1n) is 6.71. The van der Waals surface area contributed by atoms with Crippen LogP contribution in [0.5, 0.6) is 0 Å². The van der Waals surface area contributed by atoms with Gasteiger partial charge in [0.2, 0.25) is 5.91 Å². The van der Waals surface area contributed by atoms with E-state index < -0.39 is 5.54 Å². The fourth-order valence-corrected chi connectivity index (χ4v) is 2.26. The quantitative estimate of drug-likeness (QED) is 0.859. The van der Waals surface area contributed by atoms with E-state index in [0.29, 0.717) is 18.7 Å². The van der Waals surface area contributed by atoms with E-state index in [2.05, 4.69) is 15.5 Å². The zero-order valence-corrected chi connectivity index (χ0v) is 11.7. The Morgan fingerprint density at radius 3 is 2.76 bits per heavy atom. The number of carbonyl (C=O) groups is 1. The molecule has 1 amide bonds. The van der Waals surface area contributed by atoms with Crippen LogP contribution in [-0.4, -0.2) is 39.4 Å². The first-order chi connectivity index (χ1) is 10.1. The molecule has 3 N–H and O–H groups in total. The van der Waals surface area contributed by atoms with Crippen molar-refractivity contribution in [3.8, 4) is 11.4 Å². The zero-order valence-electron chi connectivity index (χ0n) is 11.7. The van der Waals surface area contributed by atoms with E-state index in [0.717, 1.165) is 11.4 Å². The Balaban J connectivity index is 1.73. The summed E-state index contributed by atoms with van der Waals surface area (Å²) in [6.07, 6.45) is 2.18. The molecule has 1 unspecified atom stereocenters. The third-order valence-corrected chi connectivity index (χ3v) is 3.62. The summed E-state index contributed by atoms with van der Waals surface area (Å²) in [6, 6.07) is 7.41. The molecular weight excluding hydrogens is 270 g/mol. The Kier molecular flexibility index (Phi) is 3.44. The predicted octanol–water partition coefficient (Wildman–Crippen LogP) is 0.538. The van der Waals surface area contributed by atoms with Gasteiger partial charge in [-0.3, -0.25) is 4.79 Å². The van der Waals surface area contributed by atoms with E-state index in [9.17, 15) is 4.79 Å². The van der Waals surface area contributed by atoms with Crippen molar-refractivity contribution in [2.75, 3.05) is 18.5 Å². The van der Waals surface area contributed by atoms with Crippen LogP contribution in [0.25, 0.3) is 11.4 Å². The van der Waals surface area contributed by atoms with Gasteiger partial charge < -0.3 is 20.4 Å². The van der Waals surface area contributed by atoms with Crippen LogP contribution >= 0.6 is 0 Å². The van der Waals surface area contributed by atoms with Crippen LogP contribution in [0.1, 0.15) is 6.42 Å². The highest BCUT2D eigenvalue weighted by atomic mass is 16.5. The summed E-state index contributed by atoms with van der Waals surface area (Å²) < 4.78 is 7.03. The second-order valence-electron chi connectivity index (χ2n) is 5.26. The van der Waals surface area contributed by atoms with Crippen LogP contribution in [0.2, 0.25) is 0 Å². The molecule has 1 fully saturated rings. The average molecular weight is 287 g/mol. The van der Waals surface area contributed by atoms with Crippen LogP contribution in [0.3, 0.4) is 0 Å². The molecule has 0 aliphatic carbocycles. The summed E-state index contributed by atoms with van der Waals surface area (Å²) in [6.45, 7) is 0.783. The van der Waals surface area contributed by atoms with Crippen molar-refractivity contribution < 1.29 is 9.53 Å². The number of hydrogen-bond donors (Lipinski definition) is 2. The fraction of sp³-hybridized carbons (Fsp3) is 0.357. The molecule has 0 saturated carbocycles. The lowest BCUT2D eigenvalue weighted by Gasteiger charge is -2.20. The van der Waals surface area contributed by atoms with Gasteiger partial charge in [0.25, 0.3) is 0 Å². The van der Waals surface area contributed by atoms with E-state index in [-0.39, 0.29) is 12.5 Å². The Morgan fingerprint density at radius 2 is 2.19 bits per heavy atom. The van der Waals surface area contributed by atoms with Gasteiger partial charge in [-0.25, -0.2) is 0 Å². The van der Waals surface area contributed by atoms with Gasteiger partial charge in [-0.1, -0.05) is 0 Å². The number of benzene rings is 1. The standard InChI is InChI=1S/C14H17N5O2/c1-19-9-16-18-12(19)10-2-4-11(5-3-10)17-13(20)14(15)6-7-21-8-14/h2-5,9H,6-8,15H2,1H3,(H,17,20). The van der Waals surface area contributed by atoms with E-state index in [4.69, 9.17) is 10.5 Å². The van der Waals surface area contributed by atoms with Crippen molar-refractivity contribution in [2.45, 2.75) is 12.0 Å². The van der Waals surface area contributed by atoms with Crippen molar-refractivity contribution in [3.63, 3.8) is 0 Å². The van der Waals surface area contributed by atoms with Crippen molar-refractivity contribution in [1.29, 1.82) is 0 Å². The normalized spacial score (nSPS) is 21.4. The highest BCUT2D eigenvalue weighted by molar-refractivity contribution is 5.98. The summed E-state index contributed by atoms with van der Waals surface area (Å²) in [5.41, 5.74) is 6.72. The number of aryl methyl sites for hydroxylation is 1. The number of ether oxygens (including phenoxy) is 1. The first kappa shape index (κ1) is 13.7. The third kappa shape index (κ3) is 2.65. The van der Waals surface area contributed by atoms with Gasteiger partial charge in [-0.2, -0.15) is 0 Å². The van der Waals surface area contributed by atoms with Crippen LogP contribution in [-0.2, 0) is 16.6 Å². The Hall–Kier alpha value is -2.25. The number of nitrogens with zero attached hydrogens (tertiary/aromatic N) is 3. The van der Waals surface area contributed by atoms with Gasteiger partial charge in [0.15, 0.2) is 5.82 Å². The number of nitrogens with two attached hydrogens (primary N) is 1. The van der Waals surface area contributed by atoms with Crippen molar-refractivity contribution in [1.82, 2.24) is 14.8 Å². The smallest absolute Gasteiger partial charge is 0.246 e. The molecule has 2 heterocycles. The summed E-state index contributed by atoms with van der Waals surface area (Å²) in [5.74, 6) is 0.554. The minimum atomic E-state index is -0.928. The molecule has 0 radical (unpaired) electrons. The van der Waals surface area contributed by atoms with E-state index in [1.807, 2.05) is 35.9 Å².